The molecule has 2 N–H and O–H groups in total. The second kappa shape index (κ2) is 6.72. The Balaban J connectivity index is 3.67. The van der Waals surface area contributed by atoms with Crippen molar-refractivity contribution < 1.29 is 9.59 Å². The lowest BCUT2D eigenvalue weighted by Crippen LogP contribution is -2.24. The van der Waals surface area contributed by atoms with Crippen LogP contribution in [0.3, 0.4) is 0 Å². The van der Waals surface area contributed by atoms with Crippen LogP contribution < -0.4 is 10.6 Å². The number of thiol groups is 1. The smallest absolute Gasteiger partial charge is 0.244 e. The summed E-state index contributed by atoms with van der Waals surface area (Å²) in [5.74, 6) is 0.00296. The third-order valence-corrected chi connectivity index (χ3v) is 1.27. The average molecular weight is 188 g/mol. The van der Waals surface area contributed by atoms with Gasteiger partial charge < -0.3 is 10.6 Å². The lowest BCUT2D eigenvalue weighted by atomic mass is 10.4. The van der Waals surface area contributed by atoms with Gasteiger partial charge in [0.15, 0.2) is 0 Å². The van der Waals surface area contributed by atoms with Crippen molar-refractivity contribution in [1.82, 2.24) is 10.6 Å². The molecule has 0 rings (SSSR count). The van der Waals surface area contributed by atoms with Gasteiger partial charge in [-0.05, 0) is 0 Å². The van der Waals surface area contributed by atoms with E-state index in [1.807, 2.05) is 0 Å². The van der Waals surface area contributed by atoms with Gasteiger partial charge in [0.25, 0.3) is 0 Å². The van der Waals surface area contributed by atoms with Crippen molar-refractivity contribution in [1.29, 1.82) is 0 Å². The van der Waals surface area contributed by atoms with Crippen molar-refractivity contribution in [3.8, 4) is 0 Å². The summed E-state index contributed by atoms with van der Waals surface area (Å²) in [6.45, 7) is 0.500. The van der Waals surface area contributed by atoms with E-state index in [4.69, 9.17) is 0 Å². The molecule has 0 unspecified atom stereocenters. The van der Waals surface area contributed by atoms with E-state index in [-0.39, 0.29) is 11.8 Å². The van der Waals surface area contributed by atoms with Crippen LogP contribution in [0.1, 0.15) is 0 Å². The molecule has 0 atom stereocenters. The van der Waals surface area contributed by atoms with E-state index in [0.717, 1.165) is 0 Å². The van der Waals surface area contributed by atoms with E-state index in [9.17, 15) is 9.59 Å². The third-order valence-electron chi connectivity index (χ3n) is 1.04. The highest BCUT2D eigenvalue weighted by Crippen LogP contribution is 1.75. The van der Waals surface area contributed by atoms with Crippen LogP contribution in [0.15, 0.2) is 12.2 Å². The zero-order chi connectivity index (χ0) is 9.40. The summed E-state index contributed by atoms with van der Waals surface area (Å²) in [7, 11) is 1.50. The number of carbonyl (C=O) groups excluding carboxylic acids is 2. The van der Waals surface area contributed by atoms with Crippen LogP contribution in [-0.2, 0) is 9.59 Å². The Kier molecular flexibility index (Phi) is 6.18. The maximum Gasteiger partial charge on any atom is 0.244 e. The first-order valence-corrected chi connectivity index (χ1v) is 4.12. The Hall–Kier alpha value is -0.970. The minimum atomic E-state index is -0.295. The maximum absolute atomic E-state index is 10.8. The van der Waals surface area contributed by atoms with Crippen LogP contribution in [0.5, 0.6) is 0 Å². The second-order valence-corrected chi connectivity index (χ2v) is 2.41. The van der Waals surface area contributed by atoms with E-state index in [0.29, 0.717) is 12.3 Å². The SMILES string of the molecule is CNC(=O)/C=C/C(=O)NCCS. The van der Waals surface area contributed by atoms with E-state index in [2.05, 4.69) is 23.3 Å². The van der Waals surface area contributed by atoms with Gasteiger partial charge in [-0.1, -0.05) is 0 Å². The van der Waals surface area contributed by atoms with Crippen molar-refractivity contribution in [3.63, 3.8) is 0 Å². The molecule has 0 heterocycles. The number of nitrogens with one attached hydrogen (secondary N) is 2. The van der Waals surface area contributed by atoms with Gasteiger partial charge in [-0.3, -0.25) is 9.59 Å². The number of hydrogen-bond donors (Lipinski definition) is 3. The number of rotatable bonds is 4. The topological polar surface area (TPSA) is 58.2 Å². The molecule has 5 heteroatoms. The summed E-state index contributed by atoms with van der Waals surface area (Å²) < 4.78 is 0. The van der Waals surface area contributed by atoms with E-state index in [1.54, 1.807) is 0 Å². The Morgan fingerprint density at radius 1 is 1.33 bits per heavy atom. The predicted molar refractivity (Wildman–Crippen MR) is 50.1 cm³/mol. The van der Waals surface area contributed by atoms with E-state index < -0.39 is 0 Å². The van der Waals surface area contributed by atoms with Gasteiger partial charge in [-0.15, -0.1) is 0 Å². The van der Waals surface area contributed by atoms with Crippen LogP contribution in [0, 0.1) is 0 Å². The molecule has 0 aromatic carbocycles. The molecule has 0 aliphatic heterocycles. The summed E-state index contributed by atoms with van der Waals surface area (Å²) in [4.78, 5) is 21.4. The minimum absolute atomic E-state index is 0.285. The van der Waals surface area contributed by atoms with Crippen LogP contribution in [0.4, 0.5) is 0 Å². The van der Waals surface area contributed by atoms with Crippen molar-refractivity contribution >= 4 is 24.4 Å². The van der Waals surface area contributed by atoms with Crippen LogP contribution in [-0.4, -0.2) is 31.2 Å². The lowest BCUT2D eigenvalue weighted by Gasteiger charge is -1.96. The highest BCUT2D eigenvalue weighted by atomic mass is 32.1. The van der Waals surface area contributed by atoms with Crippen LogP contribution in [0.25, 0.3) is 0 Å². The molecule has 2 amide bonds. The van der Waals surface area contributed by atoms with Gasteiger partial charge in [-0.25, -0.2) is 0 Å². The Morgan fingerprint density at radius 3 is 2.42 bits per heavy atom. The fourth-order valence-corrected chi connectivity index (χ4v) is 0.585. The zero-order valence-electron chi connectivity index (χ0n) is 6.83. The Bertz CT molecular complexity index is 192. The summed E-state index contributed by atoms with van der Waals surface area (Å²) in [5.41, 5.74) is 0. The molecular formula is C7H12N2O2S. The zero-order valence-corrected chi connectivity index (χ0v) is 7.73. The van der Waals surface area contributed by atoms with Crippen molar-refractivity contribution in [2.45, 2.75) is 0 Å². The molecule has 0 aliphatic rings. The predicted octanol–water partition coefficient (Wildman–Crippen LogP) is -0.665. The van der Waals surface area contributed by atoms with Crippen molar-refractivity contribution in [2.24, 2.45) is 0 Å². The van der Waals surface area contributed by atoms with Gasteiger partial charge in [0, 0.05) is 31.5 Å². The summed E-state index contributed by atoms with van der Waals surface area (Å²) in [6, 6.07) is 0. The van der Waals surface area contributed by atoms with E-state index >= 15 is 0 Å². The van der Waals surface area contributed by atoms with Crippen molar-refractivity contribution in [2.75, 3.05) is 19.3 Å². The molecule has 0 spiro atoms. The quantitative estimate of drug-likeness (QED) is 0.405. The van der Waals surface area contributed by atoms with Gasteiger partial charge in [0.05, 0.1) is 0 Å². The molecule has 12 heavy (non-hydrogen) atoms. The lowest BCUT2D eigenvalue weighted by molar-refractivity contribution is -0.118. The standard InChI is InChI=1S/C7H12N2O2S/c1-8-6(10)2-3-7(11)9-4-5-12/h2-3,12H,4-5H2,1H3,(H,8,10)(H,9,11)/b3-2+. The number of amides is 2. The Labute approximate surface area is 76.8 Å². The highest BCUT2D eigenvalue weighted by molar-refractivity contribution is 7.80. The maximum atomic E-state index is 10.8. The van der Waals surface area contributed by atoms with Crippen LogP contribution >= 0.6 is 12.6 Å². The first-order chi connectivity index (χ1) is 5.70. The molecule has 68 valence electrons. The molecule has 0 saturated heterocycles. The minimum Gasteiger partial charge on any atom is -0.356 e. The molecule has 0 aromatic rings. The molecule has 0 fully saturated rings. The van der Waals surface area contributed by atoms with Gasteiger partial charge in [-0.2, -0.15) is 12.6 Å². The second-order valence-electron chi connectivity index (χ2n) is 1.96. The largest absolute Gasteiger partial charge is 0.356 e. The average Bonchev–Trinajstić information content (AvgIpc) is 2.10. The molecule has 0 aliphatic carbocycles. The molecule has 4 nitrogen and oxygen atoms in total. The molecule has 0 saturated carbocycles. The monoisotopic (exact) mass is 188 g/mol. The van der Waals surface area contributed by atoms with Gasteiger partial charge in [0.1, 0.15) is 0 Å². The molecule has 0 bridgehead atoms. The first kappa shape index (κ1) is 11.0. The van der Waals surface area contributed by atoms with Gasteiger partial charge >= 0.3 is 0 Å². The number of hydrogen-bond acceptors (Lipinski definition) is 3. The summed E-state index contributed by atoms with van der Waals surface area (Å²) in [5, 5.41) is 4.89. The fourth-order valence-electron chi connectivity index (χ4n) is 0.473. The fraction of sp³-hybridized carbons (Fsp3) is 0.429. The van der Waals surface area contributed by atoms with E-state index in [1.165, 1.54) is 19.2 Å². The Morgan fingerprint density at radius 2 is 1.92 bits per heavy atom. The number of carbonyl (C=O) groups is 2. The first-order valence-electron chi connectivity index (χ1n) is 3.49. The van der Waals surface area contributed by atoms with Crippen molar-refractivity contribution in [3.05, 3.63) is 12.2 Å². The number of likely N-dealkylation sites (N-methyl/N-ethyl adjacent to an activating group) is 1. The molecule has 0 aromatic heterocycles. The van der Waals surface area contributed by atoms with Gasteiger partial charge in [0.2, 0.25) is 11.8 Å². The normalized spacial score (nSPS) is 9.83. The van der Waals surface area contributed by atoms with Crippen LogP contribution in [0.2, 0.25) is 0 Å². The highest BCUT2D eigenvalue weighted by Gasteiger charge is 1.94. The molecular weight excluding hydrogens is 176 g/mol. The summed E-state index contributed by atoms with van der Waals surface area (Å²) >= 11 is 3.90. The third kappa shape index (κ3) is 5.79. The molecule has 0 radical (unpaired) electrons. The summed E-state index contributed by atoms with van der Waals surface area (Å²) in [6.07, 6.45) is 2.36.